The lowest BCUT2D eigenvalue weighted by molar-refractivity contribution is -0.121. The molecule has 1 aliphatic heterocycles. The van der Waals surface area contributed by atoms with Crippen LogP contribution < -0.4 is 5.32 Å². The summed E-state index contributed by atoms with van der Waals surface area (Å²) >= 11 is 0. The fraction of sp³-hybridized carbons (Fsp3) is 0.417. The molecule has 1 saturated heterocycles. The van der Waals surface area contributed by atoms with Gasteiger partial charge in [-0.05, 0) is 24.6 Å². The molecule has 0 spiro atoms. The lowest BCUT2D eigenvalue weighted by atomic mass is 10.0. The summed E-state index contributed by atoms with van der Waals surface area (Å²) < 4.78 is 5.00. The molecule has 1 amide bonds. The summed E-state index contributed by atoms with van der Waals surface area (Å²) in [7, 11) is 0. The van der Waals surface area contributed by atoms with Crippen molar-refractivity contribution in [1.29, 1.82) is 0 Å². The maximum atomic E-state index is 11.6. The Bertz CT molecular complexity index is 399. The van der Waals surface area contributed by atoms with Gasteiger partial charge in [-0.1, -0.05) is 6.07 Å². The number of carbonyl (C=O) groups excluding carboxylic acids is 1. The second kappa shape index (κ2) is 4.53. The monoisotopic (exact) mass is 221 g/mol. The third-order valence-electron chi connectivity index (χ3n) is 2.61. The van der Waals surface area contributed by atoms with Gasteiger partial charge in [0.05, 0.1) is 18.9 Å². The Labute approximate surface area is 94.2 Å². The lowest BCUT2D eigenvalue weighted by Gasteiger charge is -2.25. The smallest absolute Gasteiger partial charge is 0.224 e. The fourth-order valence-corrected chi connectivity index (χ4v) is 1.62. The van der Waals surface area contributed by atoms with Crippen molar-refractivity contribution in [3.63, 3.8) is 0 Å². The van der Waals surface area contributed by atoms with E-state index in [2.05, 4.69) is 5.32 Å². The van der Waals surface area contributed by atoms with Crippen LogP contribution in [-0.4, -0.2) is 24.2 Å². The number of hydrogen-bond donors (Lipinski definition) is 2. The van der Waals surface area contributed by atoms with E-state index in [-0.39, 0.29) is 11.7 Å². The van der Waals surface area contributed by atoms with Crippen LogP contribution in [0.4, 0.5) is 5.69 Å². The Morgan fingerprint density at radius 2 is 2.31 bits per heavy atom. The number of benzene rings is 1. The zero-order chi connectivity index (χ0) is 11.5. The quantitative estimate of drug-likeness (QED) is 0.763. The minimum Gasteiger partial charge on any atom is -0.506 e. The summed E-state index contributed by atoms with van der Waals surface area (Å²) in [6.45, 7) is 3.23. The van der Waals surface area contributed by atoms with E-state index in [0.717, 1.165) is 5.56 Å². The van der Waals surface area contributed by atoms with E-state index in [0.29, 0.717) is 31.2 Å². The minimum atomic E-state index is -0.0748. The molecule has 86 valence electrons. The number of nitrogens with one attached hydrogen (secondary N) is 1. The molecule has 16 heavy (non-hydrogen) atoms. The number of hydrogen-bond acceptors (Lipinski definition) is 3. The lowest BCUT2D eigenvalue weighted by Crippen LogP contribution is -2.31. The van der Waals surface area contributed by atoms with Crippen molar-refractivity contribution in [2.75, 3.05) is 18.5 Å². The highest BCUT2D eigenvalue weighted by Crippen LogP contribution is 2.24. The summed E-state index contributed by atoms with van der Waals surface area (Å²) in [5.74, 6) is 0.352. The van der Waals surface area contributed by atoms with Gasteiger partial charge in [0.1, 0.15) is 5.75 Å². The Morgan fingerprint density at radius 1 is 1.56 bits per heavy atom. The topological polar surface area (TPSA) is 58.6 Å². The van der Waals surface area contributed by atoms with Crippen LogP contribution >= 0.6 is 0 Å². The molecule has 0 atom stereocenters. The van der Waals surface area contributed by atoms with E-state index < -0.39 is 0 Å². The summed E-state index contributed by atoms with van der Waals surface area (Å²) in [6, 6.07) is 5.13. The molecular formula is C12H15NO3. The molecule has 4 nitrogen and oxygen atoms in total. The molecule has 0 unspecified atom stereocenters. The molecular weight excluding hydrogens is 206 g/mol. The van der Waals surface area contributed by atoms with Crippen molar-refractivity contribution in [3.8, 4) is 5.75 Å². The number of rotatable bonds is 3. The minimum absolute atomic E-state index is 0.0748. The molecule has 0 aromatic heterocycles. The zero-order valence-corrected chi connectivity index (χ0v) is 9.19. The van der Waals surface area contributed by atoms with E-state index in [1.54, 1.807) is 18.2 Å². The van der Waals surface area contributed by atoms with Crippen molar-refractivity contribution >= 4 is 11.6 Å². The van der Waals surface area contributed by atoms with Crippen molar-refractivity contribution in [2.45, 2.75) is 13.3 Å². The summed E-state index contributed by atoms with van der Waals surface area (Å²) in [5.41, 5.74) is 1.48. The van der Waals surface area contributed by atoms with Gasteiger partial charge in [-0.3, -0.25) is 4.79 Å². The average Bonchev–Trinajstić information content (AvgIpc) is 2.18. The molecule has 0 bridgehead atoms. The number of aromatic hydroxyl groups is 1. The first-order valence-electron chi connectivity index (χ1n) is 5.32. The van der Waals surface area contributed by atoms with Crippen molar-refractivity contribution in [1.82, 2.24) is 0 Å². The van der Waals surface area contributed by atoms with E-state index in [1.807, 2.05) is 6.92 Å². The number of phenolic OH excluding ortho intramolecular Hbond substituents is 1. The van der Waals surface area contributed by atoms with Crippen molar-refractivity contribution < 1.29 is 14.6 Å². The summed E-state index contributed by atoms with van der Waals surface area (Å²) in [6.07, 6.45) is 0.452. The number of phenols is 1. The average molecular weight is 221 g/mol. The van der Waals surface area contributed by atoms with Crippen LogP contribution in [-0.2, 0) is 9.53 Å². The molecule has 1 heterocycles. The standard InChI is InChI=1S/C12H15NO3/c1-8-2-3-11(14)10(4-8)13-12(15)5-9-6-16-7-9/h2-4,9,14H,5-7H2,1H3,(H,13,15). The largest absolute Gasteiger partial charge is 0.506 e. The third-order valence-corrected chi connectivity index (χ3v) is 2.61. The van der Waals surface area contributed by atoms with Gasteiger partial charge in [-0.25, -0.2) is 0 Å². The van der Waals surface area contributed by atoms with Gasteiger partial charge in [-0.2, -0.15) is 0 Å². The first-order valence-corrected chi connectivity index (χ1v) is 5.32. The van der Waals surface area contributed by atoms with Crippen LogP contribution in [0.3, 0.4) is 0 Å². The van der Waals surface area contributed by atoms with Gasteiger partial charge in [-0.15, -0.1) is 0 Å². The van der Waals surface area contributed by atoms with Gasteiger partial charge in [0.15, 0.2) is 0 Å². The summed E-state index contributed by atoms with van der Waals surface area (Å²) in [4.78, 5) is 11.6. The number of carbonyl (C=O) groups is 1. The Morgan fingerprint density at radius 3 is 2.94 bits per heavy atom. The molecule has 0 radical (unpaired) electrons. The second-order valence-electron chi connectivity index (χ2n) is 4.18. The van der Waals surface area contributed by atoms with E-state index >= 15 is 0 Å². The number of aryl methyl sites for hydroxylation is 1. The van der Waals surface area contributed by atoms with E-state index in [1.165, 1.54) is 0 Å². The first kappa shape index (κ1) is 11.0. The number of ether oxygens (including phenoxy) is 1. The van der Waals surface area contributed by atoms with Gasteiger partial charge < -0.3 is 15.2 Å². The number of anilines is 1. The highest BCUT2D eigenvalue weighted by molar-refractivity contribution is 5.92. The SMILES string of the molecule is Cc1ccc(O)c(NC(=O)CC2COC2)c1. The molecule has 0 aliphatic carbocycles. The van der Waals surface area contributed by atoms with Gasteiger partial charge in [0.2, 0.25) is 5.91 Å². The van der Waals surface area contributed by atoms with Crippen LogP contribution in [0, 0.1) is 12.8 Å². The molecule has 1 aromatic rings. The van der Waals surface area contributed by atoms with Gasteiger partial charge in [0.25, 0.3) is 0 Å². The van der Waals surface area contributed by atoms with Gasteiger partial charge >= 0.3 is 0 Å². The Hall–Kier alpha value is -1.55. The van der Waals surface area contributed by atoms with E-state index in [9.17, 15) is 9.90 Å². The first-order chi connectivity index (χ1) is 7.65. The molecule has 2 rings (SSSR count). The zero-order valence-electron chi connectivity index (χ0n) is 9.19. The van der Waals surface area contributed by atoms with Crippen molar-refractivity contribution in [2.24, 2.45) is 5.92 Å². The van der Waals surface area contributed by atoms with Gasteiger partial charge in [0, 0.05) is 12.3 Å². The normalized spacial score (nSPS) is 15.6. The Kier molecular flexibility index (Phi) is 3.10. The van der Waals surface area contributed by atoms with Crippen LogP contribution in [0.1, 0.15) is 12.0 Å². The Balaban J connectivity index is 1.96. The molecule has 1 fully saturated rings. The molecule has 1 aromatic carbocycles. The highest BCUT2D eigenvalue weighted by Gasteiger charge is 2.21. The predicted molar refractivity (Wildman–Crippen MR) is 60.4 cm³/mol. The fourth-order valence-electron chi connectivity index (χ4n) is 1.62. The van der Waals surface area contributed by atoms with Crippen LogP contribution in [0.25, 0.3) is 0 Å². The van der Waals surface area contributed by atoms with Crippen molar-refractivity contribution in [3.05, 3.63) is 23.8 Å². The highest BCUT2D eigenvalue weighted by atomic mass is 16.5. The molecule has 1 aliphatic rings. The predicted octanol–water partition coefficient (Wildman–Crippen LogP) is 1.68. The number of amides is 1. The molecule has 0 saturated carbocycles. The second-order valence-corrected chi connectivity index (χ2v) is 4.18. The maximum absolute atomic E-state index is 11.6. The van der Waals surface area contributed by atoms with E-state index in [4.69, 9.17) is 4.74 Å². The third kappa shape index (κ3) is 2.52. The van der Waals surface area contributed by atoms with Crippen LogP contribution in [0.15, 0.2) is 18.2 Å². The van der Waals surface area contributed by atoms with Crippen LogP contribution in [0.2, 0.25) is 0 Å². The molecule has 4 heteroatoms. The maximum Gasteiger partial charge on any atom is 0.224 e. The van der Waals surface area contributed by atoms with Crippen LogP contribution in [0.5, 0.6) is 5.75 Å². The molecule has 2 N–H and O–H groups in total. The summed E-state index contributed by atoms with van der Waals surface area (Å²) in [5, 5.41) is 12.3.